The molecule has 3 rings (SSSR count). The quantitative estimate of drug-likeness (QED) is 0.642. The van der Waals surface area contributed by atoms with Crippen molar-refractivity contribution < 1.29 is 19.3 Å². The zero-order chi connectivity index (χ0) is 15.9. The Labute approximate surface area is 120 Å². The molecule has 22 heavy (non-hydrogen) atoms. The maximum Gasteiger partial charge on any atom is 0.330 e. The van der Waals surface area contributed by atoms with Gasteiger partial charge in [0.2, 0.25) is 12.0 Å². The normalized spacial score (nSPS) is 31.2. The number of H-pyrrole nitrogens is 1. The van der Waals surface area contributed by atoms with E-state index in [0.717, 1.165) is 4.57 Å². The van der Waals surface area contributed by atoms with E-state index in [9.17, 15) is 24.2 Å². The molecular formula is C10H11FN6O5. The minimum atomic E-state index is -1.65. The topological polar surface area (TPSA) is 154 Å². The molecule has 0 saturated carbocycles. The van der Waals surface area contributed by atoms with Crippen LogP contribution in [-0.2, 0) is 4.74 Å². The molecule has 1 aromatic rings. The van der Waals surface area contributed by atoms with Gasteiger partial charge in [0.05, 0.1) is 18.9 Å². The van der Waals surface area contributed by atoms with Crippen molar-refractivity contribution in [2.75, 3.05) is 6.61 Å². The van der Waals surface area contributed by atoms with Crippen LogP contribution in [0.4, 0.5) is 4.39 Å². The zero-order valence-electron chi connectivity index (χ0n) is 11.0. The van der Waals surface area contributed by atoms with Gasteiger partial charge in [0.15, 0.2) is 5.60 Å². The van der Waals surface area contributed by atoms with Crippen molar-refractivity contribution in [1.82, 2.24) is 9.55 Å². The Balaban J connectivity index is 1.98. The maximum absolute atomic E-state index is 13.3. The predicted octanol–water partition coefficient (Wildman–Crippen LogP) is -1.15. The highest BCUT2D eigenvalue weighted by Crippen LogP contribution is 2.40. The first kappa shape index (κ1) is 14.6. The number of aliphatic hydroxyl groups excluding tert-OH is 2. The van der Waals surface area contributed by atoms with Crippen LogP contribution in [0.5, 0.6) is 0 Å². The number of ether oxygens (including phenoxy) is 1. The van der Waals surface area contributed by atoms with Crippen LogP contribution < -0.4 is 11.2 Å². The van der Waals surface area contributed by atoms with Crippen LogP contribution in [0.3, 0.4) is 0 Å². The van der Waals surface area contributed by atoms with Crippen molar-refractivity contribution in [3.63, 3.8) is 0 Å². The third-order valence-corrected chi connectivity index (χ3v) is 3.63. The Hall–Kier alpha value is -2.31. The summed E-state index contributed by atoms with van der Waals surface area (Å²) in [4.78, 5) is 24.6. The van der Waals surface area contributed by atoms with E-state index in [0.29, 0.717) is 6.20 Å². The van der Waals surface area contributed by atoms with Gasteiger partial charge in [-0.3, -0.25) is 14.3 Å². The molecule has 0 aliphatic carbocycles. The average Bonchev–Trinajstić information content (AvgIpc) is 3.11. The van der Waals surface area contributed by atoms with Crippen LogP contribution in [0.1, 0.15) is 12.6 Å². The number of aromatic nitrogens is 2. The number of nitrogens with one attached hydrogen (secondary N) is 1. The fourth-order valence-corrected chi connectivity index (χ4v) is 2.44. The van der Waals surface area contributed by atoms with E-state index in [-0.39, 0.29) is 6.42 Å². The molecule has 1 saturated heterocycles. The first-order valence-corrected chi connectivity index (χ1v) is 6.25. The molecule has 118 valence electrons. The second-order valence-corrected chi connectivity index (χ2v) is 4.86. The molecule has 0 radical (unpaired) electrons. The molecule has 3 N–H and O–H groups in total. The van der Waals surface area contributed by atoms with E-state index in [1.165, 1.54) is 0 Å². The maximum atomic E-state index is 13.3. The third kappa shape index (κ3) is 2.08. The van der Waals surface area contributed by atoms with Gasteiger partial charge >= 0.3 is 5.69 Å². The van der Waals surface area contributed by atoms with Crippen molar-refractivity contribution in [1.29, 1.82) is 0 Å². The van der Waals surface area contributed by atoms with Crippen LogP contribution >= 0.6 is 0 Å². The number of aliphatic hydroxyl groups is 2. The third-order valence-electron chi connectivity index (χ3n) is 3.63. The predicted molar refractivity (Wildman–Crippen MR) is 65.3 cm³/mol. The fourth-order valence-electron chi connectivity index (χ4n) is 2.44. The minimum Gasteiger partial charge on any atom is -0.393 e. The summed E-state index contributed by atoms with van der Waals surface area (Å²) < 4.78 is 19.6. The van der Waals surface area contributed by atoms with Crippen molar-refractivity contribution in [2.24, 2.45) is 20.7 Å². The summed E-state index contributed by atoms with van der Waals surface area (Å²) in [6.07, 6.45) is -2.94. The second-order valence-electron chi connectivity index (χ2n) is 4.86. The summed E-state index contributed by atoms with van der Waals surface area (Å²) in [5.74, 6) is -1.18. The van der Waals surface area contributed by atoms with E-state index in [1.54, 1.807) is 4.98 Å². The first-order valence-electron chi connectivity index (χ1n) is 6.25. The van der Waals surface area contributed by atoms with Gasteiger partial charge in [-0.25, -0.2) is 4.79 Å². The highest BCUT2D eigenvalue weighted by molar-refractivity contribution is 5.03. The van der Waals surface area contributed by atoms with Crippen molar-refractivity contribution in [3.8, 4) is 0 Å². The van der Waals surface area contributed by atoms with Crippen molar-refractivity contribution in [2.45, 2.75) is 30.5 Å². The lowest BCUT2D eigenvalue weighted by Gasteiger charge is -2.30. The van der Waals surface area contributed by atoms with E-state index in [1.807, 2.05) is 0 Å². The molecule has 0 bridgehead atoms. The Morgan fingerprint density at radius 1 is 1.45 bits per heavy atom. The van der Waals surface area contributed by atoms with Gasteiger partial charge in [-0.2, -0.15) is 4.39 Å². The van der Waals surface area contributed by atoms with Gasteiger partial charge < -0.3 is 14.9 Å². The van der Waals surface area contributed by atoms with Crippen LogP contribution in [0.25, 0.3) is 0 Å². The molecule has 1 aromatic heterocycles. The van der Waals surface area contributed by atoms with E-state index in [4.69, 9.17) is 4.74 Å². The van der Waals surface area contributed by atoms with Gasteiger partial charge in [-0.05, 0) is 10.4 Å². The van der Waals surface area contributed by atoms with E-state index in [2.05, 4.69) is 20.7 Å². The summed E-state index contributed by atoms with van der Waals surface area (Å²) in [6.45, 7) is -0.673. The molecule has 3 heterocycles. The molecule has 1 fully saturated rings. The summed E-state index contributed by atoms with van der Waals surface area (Å²) in [5.41, 5.74) is -3.72. The van der Waals surface area contributed by atoms with Gasteiger partial charge in [0, 0.05) is 6.42 Å². The Bertz CT molecular complexity index is 747. The monoisotopic (exact) mass is 314 g/mol. The van der Waals surface area contributed by atoms with Crippen molar-refractivity contribution >= 4 is 0 Å². The second kappa shape index (κ2) is 5.15. The van der Waals surface area contributed by atoms with Gasteiger partial charge in [-0.1, -0.05) is 0 Å². The molecule has 0 spiro atoms. The molecule has 0 aromatic carbocycles. The molecule has 2 aliphatic heterocycles. The smallest absolute Gasteiger partial charge is 0.330 e. The van der Waals surface area contributed by atoms with E-state index >= 15 is 0 Å². The lowest BCUT2D eigenvalue weighted by molar-refractivity contribution is -0.140. The number of rotatable bonds is 3. The summed E-state index contributed by atoms with van der Waals surface area (Å²) in [6, 6.07) is 0. The number of hydrogen-bond donors (Lipinski definition) is 3. The van der Waals surface area contributed by atoms with Crippen LogP contribution in [0, 0.1) is 5.82 Å². The lowest BCUT2D eigenvalue weighted by Crippen LogP contribution is -2.51. The fraction of sp³-hybridized carbons (Fsp3) is 0.600. The highest BCUT2D eigenvalue weighted by Gasteiger charge is 2.55. The molecule has 2 aliphatic rings. The summed E-state index contributed by atoms with van der Waals surface area (Å²) >= 11 is 0. The molecule has 3 unspecified atom stereocenters. The SMILES string of the molecule is O=c1[nH]c(=O)n(C2CC(O)C(CO)(C3N=NN=N3)O2)cc1F. The Morgan fingerprint density at radius 3 is 2.77 bits per heavy atom. The van der Waals surface area contributed by atoms with Gasteiger partial charge in [0.25, 0.3) is 5.56 Å². The van der Waals surface area contributed by atoms with Crippen molar-refractivity contribution in [3.05, 3.63) is 32.9 Å². The molecule has 12 heteroatoms. The molecule has 3 atom stereocenters. The largest absolute Gasteiger partial charge is 0.393 e. The molecular weight excluding hydrogens is 303 g/mol. The molecule has 0 amide bonds. The molecule has 11 nitrogen and oxygen atoms in total. The number of hydrogen-bond acceptors (Lipinski definition) is 9. The van der Waals surface area contributed by atoms with Crippen LogP contribution in [-0.4, -0.2) is 44.2 Å². The summed E-state index contributed by atoms with van der Waals surface area (Å²) in [7, 11) is 0. The minimum absolute atomic E-state index is 0.145. The lowest BCUT2D eigenvalue weighted by atomic mass is 9.94. The summed E-state index contributed by atoms with van der Waals surface area (Å²) in [5, 5.41) is 33.6. The van der Waals surface area contributed by atoms with E-state index < -0.39 is 47.8 Å². The Morgan fingerprint density at radius 2 is 2.14 bits per heavy atom. The average molecular weight is 314 g/mol. The standard InChI is InChI=1S/C10H11FN6O5/c11-4-2-17(9(21)12-7(4)20)6-1-5(19)10(3-18,22-6)8-13-15-16-14-8/h2,5-6,8,18-19H,1,3H2,(H,12,20,21). The van der Waals surface area contributed by atoms with Crippen LogP contribution in [0.15, 0.2) is 36.5 Å². The van der Waals surface area contributed by atoms with Gasteiger partial charge in [0.1, 0.15) is 6.23 Å². The number of aromatic amines is 1. The Kier molecular flexibility index (Phi) is 3.42. The first-order chi connectivity index (χ1) is 10.5. The number of nitrogens with zero attached hydrogens (tertiary/aromatic N) is 5. The highest BCUT2D eigenvalue weighted by atomic mass is 19.1. The van der Waals surface area contributed by atoms with Gasteiger partial charge in [-0.15, -0.1) is 10.2 Å². The number of halogens is 1. The van der Waals surface area contributed by atoms with Crippen LogP contribution in [0.2, 0.25) is 0 Å². The zero-order valence-corrected chi connectivity index (χ0v) is 11.0.